The first-order valence-electron chi connectivity index (χ1n) is 4.53. The van der Waals surface area contributed by atoms with Crippen LogP contribution in [0.15, 0.2) is 0 Å². The van der Waals surface area contributed by atoms with Crippen molar-refractivity contribution in [3.05, 3.63) is 0 Å². The zero-order chi connectivity index (χ0) is 7.73. The van der Waals surface area contributed by atoms with Crippen LogP contribution >= 0.6 is 0 Å². The minimum atomic E-state index is 0.433. The second-order valence-corrected chi connectivity index (χ2v) is 3.97. The Kier molecular flexibility index (Phi) is 1.72. The number of hydrogen-bond donors (Lipinski definition) is 1. The first-order chi connectivity index (χ1) is 5.31. The molecular weight excluding hydrogens is 138 g/mol. The van der Waals surface area contributed by atoms with E-state index < -0.39 is 0 Å². The van der Waals surface area contributed by atoms with Gasteiger partial charge in [-0.05, 0) is 37.8 Å². The third-order valence-electron chi connectivity index (χ3n) is 3.17. The van der Waals surface area contributed by atoms with E-state index in [4.69, 9.17) is 0 Å². The number of ketones is 1. The van der Waals surface area contributed by atoms with E-state index in [-0.39, 0.29) is 0 Å². The Hall–Kier alpha value is -0.370. The molecule has 0 aromatic heterocycles. The van der Waals surface area contributed by atoms with Gasteiger partial charge in [0.25, 0.3) is 0 Å². The lowest BCUT2D eigenvalue weighted by Gasteiger charge is -2.32. The van der Waals surface area contributed by atoms with Gasteiger partial charge in [-0.2, -0.15) is 0 Å². The molecule has 2 nitrogen and oxygen atoms in total. The van der Waals surface area contributed by atoms with Crippen molar-refractivity contribution in [3.63, 3.8) is 0 Å². The molecule has 0 unspecified atom stereocenters. The van der Waals surface area contributed by atoms with E-state index in [0.717, 1.165) is 32.4 Å². The highest BCUT2D eigenvalue weighted by molar-refractivity contribution is 5.81. The molecule has 11 heavy (non-hydrogen) atoms. The lowest BCUT2D eigenvalue weighted by molar-refractivity contribution is -0.118. The molecule has 2 heteroatoms. The summed E-state index contributed by atoms with van der Waals surface area (Å²) in [5.74, 6) is 0.493. The molecule has 0 aromatic carbocycles. The molecule has 0 radical (unpaired) electrons. The monoisotopic (exact) mass is 153 g/mol. The van der Waals surface area contributed by atoms with E-state index in [1.807, 2.05) is 0 Å². The molecule has 2 aliphatic rings. The summed E-state index contributed by atoms with van der Waals surface area (Å²) in [4.78, 5) is 11.1. The molecule has 0 amide bonds. The third-order valence-corrected chi connectivity index (χ3v) is 3.17. The lowest BCUT2D eigenvalue weighted by Crippen LogP contribution is -2.35. The quantitative estimate of drug-likeness (QED) is 0.565. The number of carbonyl (C=O) groups is 1. The molecule has 0 atom stereocenters. The second-order valence-electron chi connectivity index (χ2n) is 3.97. The van der Waals surface area contributed by atoms with Gasteiger partial charge in [-0.3, -0.25) is 4.79 Å². The van der Waals surface area contributed by atoms with Crippen molar-refractivity contribution >= 4 is 5.78 Å². The number of piperidine rings is 1. The molecule has 1 N–H and O–H groups in total. The summed E-state index contributed by atoms with van der Waals surface area (Å²) in [6, 6.07) is 0. The van der Waals surface area contributed by atoms with Crippen molar-refractivity contribution in [3.8, 4) is 0 Å². The van der Waals surface area contributed by atoms with Gasteiger partial charge in [0.2, 0.25) is 0 Å². The molecular formula is C9H15NO. The zero-order valence-corrected chi connectivity index (χ0v) is 6.86. The fourth-order valence-corrected chi connectivity index (χ4v) is 2.38. The predicted molar refractivity (Wildman–Crippen MR) is 43.4 cm³/mol. The van der Waals surface area contributed by atoms with Crippen LogP contribution in [0.25, 0.3) is 0 Å². The fraction of sp³-hybridized carbons (Fsp3) is 0.889. The average molecular weight is 153 g/mol. The summed E-state index contributed by atoms with van der Waals surface area (Å²) in [7, 11) is 0. The standard InChI is InChI=1S/C9H15NO/c11-8-1-2-9(7-8)3-5-10-6-4-9/h10H,1-7H2. The van der Waals surface area contributed by atoms with Crippen LogP contribution in [0.1, 0.15) is 32.1 Å². The molecule has 1 saturated heterocycles. The largest absolute Gasteiger partial charge is 0.317 e. The Labute approximate surface area is 67.4 Å². The highest BCUT2D eigenvalue weighted by Gasteiger charge is 2.38. The molecule has 1 aliphatic carbocycles. The van der Waals surface area contributed by atoms with Gasteiger partial charge in [0, 0.05) is 12.8 Å². The summed E-state index contributed by atoms with van der Waals surface area (Å²) in [6.07, 6.45) is 5.32. The molecule has 62 valence electrons. The van der Waals surface area contributed by atoms with Gasteiger partial charge in [0.05, 0.1) is 0 Å². The normalized spacial score (nSPS) is 29.6. The smallest absolute Gasteiger partial charge is 0.133 e. The Bertz CT molecular complexity index is 170. The highest BCUT2D eigenvalue weighted by atomic mass is 16.1. The van der Waals surface area contributed by atoms with Crippen molar-refractivity contribution in [2.45, 2.75) is 32.1 Å². The Balaban J connectivity index is 2.03. The highest BCUT2D eigenvalue weighted by Crippen LogP contribution is 2.42. The maximum absolute atomic E-state index is 11.1. The number of Topliss-reactive ketones (excluding diaryl/α,β-unsaturated/α-hetero) is 1. The van der Waals surface area contributed by atoms with Crippen LogP contribution in [0.4, 0.5) is 0 Å². The number of rotatable bonds is 0. The molecule has 1 heterocycles. The summed E-state index contributed by atoms with van der Waals surface area (Å²) in [5.41, 5.74) is 0.433. The van der Waals surface area contributed by atoms with E-state index in [1.54, 1.807) is 0 Å². The zero-order valence-electron chi connectivity index (χ0n) is 6.86. The number of hydrogen-bond acceptors (Lipinski definition) is 2. The minimum absolute atomic E-state index is 0.433. The maximum Gasteiger partial charge on any atom is 0.133 e. The van der Waals surface area contributed by atoms with Crippen LogP contribution in [0.2, 0.25) is 0 Å². The third kappa shape index (κ3) is 1.32. The van der Waals surface area contributed by atoms with E-state index in [0.29, 0.717) is 11.2 Å². The van der Waals surface area contributed by atoms with Gasteiger partial charge in [0.15, 0.2) is 0 Å². The first kappa shape index (κ1) is 7.29. The Morgan fingerprint density at radius 2 is 1.91 bits per heavy atom. The van der Waals surface area contributed by atoms with Crippen LogP contribution in [-0.2, 0) is 4.79 Å². The van der Waals surface area contributed by atoms with Gasteiger partial charge in [0.1, 0.15) is 5.78 Å². The van der Waals surface area contributed by atoms with Gasteiger partial charge < -0.3 is 5.32 Å². The fourth-order valence-electron chi connectivity index (χ4n) is 2.38. The van der Waals surface area contributed by atoms with Gasteiger partial charge in [-0.25, -0.2) is 0 Å². The molecule has 2 fully saturated rings. The SMILES string of the molecule is O=C1CCC2(CCNCC2)C1. The van der Waals surface area contributed by atoms with Gasteiger partial charge in [-0.15, -0.1) is 0 Å². The van der Waals surface area contributed by atoms with Gasteiger partial charge in [-0.1, -0.05) is 0 Å². The number of carbonyl (C=O) groups excluding carboxylic acids is 1. The summed E-state index contributed by atoms with van der Waals surface area (Å²) in [6.45, 7) is 2.24. The van der Waals surface area contributed by atoms with Crippen molar-refractivity contribution in [2.24, 2.45) is 5.41 Å². The van der Waals surface area contributed by atoms with E-state index in [9.17, 15) is 4.79 Å². The summed E-state index contributed by atoms with van der Waals surface area (Å²) < 4.78 is 0. The maximum atomic E-state index is 11.1. The van der Waals surface area contributed by atoms with Crippen LogP contribution < -0.4 is 5.32 Å². The Morgan fingerprint density at radius 3 is 2.45 bits per heavy atom. The predicted octanol–water partition coefficient (Wildman–Crippen LogP) is 1.11. The minimum Gasteiger partial charge on any atom is -0.317 e. The van der Waals surface area contributed by atoms with Crippen molar-refractivity contribution < 1.29 is 4.79 Å². The average Bonchev–Trinajstić information content (AvgIpc) is 2.34. The van der Waals surface area contributed by atoms with Crippen LogP contribution in [0.3, 0.4) is 0 Å². The molecule has 1 saturated carbocycles. The van der Waals surface area contributed by atoms with E-state index in [2.05, 4.69) is 5.32 Å². The second kappa shape index (κ2) is 2.59. The van der Waals surface area contributed by atoms with Crippen LogP contribution in [0.5, 0.6) is 0 Å². The van der Waals surface area contributed by atoms with Crippen molar-refractivity contribution in [2.75, 3.05) is 13.1 Å². The molecule has 0 bridgehead atoms. The van der Waals surface area contributed by atoms with E-state index >= 15 is 0 Å². The van der Waals surface area contributed by atoms with Crippen molar-refractivity contribution in [1.82, 2.24) is 5.32 Å². The van der Waals surface area contributed by atoms with Gasteiger partial charge >= 0.3 is 0 Å². The summed E-state index contributed by atoms with van der Waals surface area (Å²) in [5, 5.41) is 3.34. The van der Waals surface area contributed by atoms with Crippen LogP contribution in [0, 0.1) is 5.41 Å². The molecule has 2 rings (SSSR count). The Morgan fingerprint density at radius 1 is 1.18 bits per heavy atom. The lowest BCUT2D eigenvalue weighted by atomic mass is 9.78. The van der Waals surface area contributed by atoms with Crippen LogP contribution in [-0.4, -0.2) is 18.9 Å². The topological polar surface area (TPSA) is 29.1 Å². The summed E-state index contributed by atoms with van der Waals surface area (Å²) >= 11 is 0. The number of nitrogens with one attached hydrogen (secondary N) is 1. The van der Waals surface area contributed by atoms with Crippen molar-refractivity contribution in [1.29, 1.82) is 0 Å². The molecule has 1 aliphatic heterocycles. The van der Waals surface area contributed by atoms with E-state index in [1.165, 1.54) is 12.8 Å². The molecule has 1 spiro atoms. The first-order valence-corrected chi connectivity index (χ1v) is 4.53. The molecule has 0 aromatic rings.